The molecule has 1 aromatic carbocycles. The Morgan fingerprint density at radius 2 is 2.06 bits per heavy atom. The van der Waals surface area contributed by atoms with E-state index in [1.165, 1.54) is 17.4 Å². The minimum atomic E-state index is -1.35. The van der Waals surface area contributed by atoms with Crippen molar-refractivity contribution in [3.05, 3.63) is 57.0 Å². The molecule has 17 heavy (non-hydrogen) atoms. The number of aliphatic hydroxyl groups is 1. The molecule has 1 aromatic heterocycles. The van der Waals surface area contributed by atoms with Gasteiger partial charge in [0.2, 0.25) is 0 Å². The number of hydrogen-bond acceptors (Lipinski definition) is 2. The molecule has 2 rings (SSSR count). The fourth-order valence-electron chi connectivity index (χ4n) is 1.86. The van der Waals surface area contributed by atoms with Crippen LogP contribution >= 0.6 is 22.9 Å². The Morgan fingerprint density at radius 3 is 2.59 bits per heavy atom. The fraction of sp³-hybridized carbons (Fsp3) is 0.231. The maximum atomic E-state index is 13.8. The van der Waals surface area contributed by atoms with Crippen LogP contribution in [-0.2, 0) is 5.60 Å². The van der Waals surface area contributed by atoms with Gasteiger partial charge in [-0.25, -0.2) is 4.39 Å². The summed E-state index contributed by atoms with van der Waals surface area (Å²) in [6.45, 7) is 1.81. The molecule has 1 N–H and O–H groups in total. The Hall–Kier alpha value is -0.900. The van der Waals surface area contributed by atoms with Crippen LogP contribution in [-0.4, -0.2) is 5.11 Å². The van der Waals surface area contributed by atoms with Crippen molar-refractivity contribution < 1.29 is 9.50 Å². The second kappa shape index (κ2) is 4.77. The first kappa shape index (κ1) is 12.6. The van der Waals surface area contributed by atoms with Crippen molar-refractivity contribution in [3.63, 3.8) is 0 Å². The van der Waals surface area contributed by atoms with E-state index in [4.69, 9.17) is 11.6 Å². The Kier molecular flexibility index (Phi) is 3.52. The molecule has 0 radical (unpaired) electrons. The van der Waals surface area contributed by atoms with Crippen LogP contribution < -0.4 is 0 Å². The van der Waals surface area contributed by atoms with Crippen molar-refractivity contribution in [3.8, 4) is 0 Å². The summed E-state index contributed by atoms with van der Waals surface area (Å²) in [4.78, 5) is 0.590. The minimum absolute atomic E-state index is 0.270. The molecule has 4 heteroatoms. The number of benzene rings is 1. The third-order valence-corrected chi connectivity index (χ3v) is 4.32. The topological polar surface area (TPSA) is 20.2 Å². The van der Waals surface area contributed by atoms with Crippen LogP contribution in [0.4, 0.5) is 4.39 Å². The van der Waals surface area contributed by atoms with Gasteiger partial charge in [-0.1, -0.05) is 36.7 Å². The van der Waals surface area contributed by atoms with E-state index in [0.717, 1.165) is 0 Å². The molecule has 0 aliphatic rings. The summed E-state index contributed by atoms with van der Waals surface area (Å²) in [6, 6.07) is 7.96. The van der Waals surface area contributed by atoms with Gasteiger partial charge in [-0.05, 0) is 23.9 Å². The molecule has 0 aliphatic heterocycles. The van der Waals surface area contributed by atoms with E-state index in [0.29, 0.717) is 16.3 Å². The molecule has 1 nitrogen and oxygen atoms in total. The highest BCUT2D eigenvalue weighted by atomic mass is 35.5. The summed E-state index contributed by atoms with van der Waals surface area (Å²) in [7, 11) is 0. The van der Waals surface area contributed by atoms with E-state index in [2.05, 4.69) is 0 Å². The van der Waals surface area contributed by atoms with Gasteiger partial charge in [0.05, 0.1) is 9.90 Å². The molecular formula is C13H12ClFOS. The van der Waals surface area contributed by atoms with Gasteiger partial charge in [-0.3, -0.25) is 0 Å². The van der Waals surface area contributed by atoms with Crippen molar-refractivity contribution in [2.45, 2.75) is 18.9 Å². The van der Waals surface area contributed by atoms with Crippen LogP contribution in [0.15, 0.2) is 35.7 Å². The van der Waals surface area contributed by atoms with Gasteiger partial charge in [-0.2, -0.15) is 0 Å². The first-order valence-corrected chi connectivity index (χ1v) is 6.56. The van der Waals surface area contributed by atoms with E-state index < -0.39 is 11.4 Å². The zero-order chi connectivity index (χ0) is 12.5. The highest BCUT2D eigenvalue weighted by molar-refractivity contribution is 7.10. The zero-order valence-electron chi connectivity index (χ0n) is 9.28. The average molecular weight is 271 g/mol. The van der Waals surface area contributed by atoms with Gasteiger partial charge in [0.15, 0.2) is 0 Å². The molecule has 0 amide bonds. The highest BCUT2D eigenvalue weighted by Gasteiger charge is 2.35. The van der Waals surface area contributed by atoms with Crippen LogP contribution in [0, 0.1) is 5.82 Å². The largest absolute Gasteiger partial charge is 0.379 e. The van der Waals surface area contributed by atoms with Crippen molar-refractivity contribution >= 4 is 22.9 Å². The first-order valence-electron chi connectivity index (χ1n) is 5.30. The summed E-state index contributed by atoms with van der Waals surface area (Å²) in [5.74, 6) is -0.415. The zero-order valence-corrected chi connectivity index (χ0v) is 10.9. The molecule has 0 saturated carbocycles. The maximum Gasteiger partial charge on any atom is 0.129 e. The predicted molar refractivity (Wildman–Crippen MR) is 69.0 cm³/mol. The quantitative estimate of drug-likeness (QED) is 0.887. The average Bonchev–Trinajstić information content (AvgIpc) is 2.76. The van der Waals surface area contributed by atoms with Crippen LogP contribution in [0.2, 0.25) is 5.02 Å². The molecule has 0 saturated heterocycles. The normalized spacial score (nSPS) is 14.6. The monoisotopic (exact) mass is 270 g/mol. The van der Waals surface area contributed by atoms with Crippen LogP contribution in [0.5, 0.6) is 0 Å². The molecular weight excluding hydrogens is 259 g/mol. The molecule has 0 aliphatic carbocycles. The van der Waals surface area contributed by atoms with Gasteiger partial charge < -0.3 is 5.11 Å². The third kappa shape index (κ3) is 2.10. The lowest BCUT2D eigenvalue weighted by Gasteiger charge is -2.27. The summed E-state index contributed by atoms with van der Waals surface area (Å²) in [5.41, 5.74) is -1.08. The van der Waals surface area contributed by atoms with Crippen molar-refractivity contribution in [2.24, 2.45) is 0 Å². The minimum Gasteiger partial charge on any atom is -0.379 e. The highest BCUT2D eigenvalue weighted by Crippen LogP contribution is 2.41. The Labute approximate surface area is 108 Å². The summed E-state index contributed by atoms with van der Waals surface area (Å²) in [5, 5.41) is 13.0. The summed E-state index contributed by atoms with van der Waals surface area (Å²) >= 11 is 7.37. The van der Waals surface area contributed by atoms with Crippen LogP contribution in [0.25, 0.3) is 0 Å². The molecule has 1 heterocycles. The van der Waals surface area contributed by atoms with Crippen molar-refractivity contribution in [1.29, 1.82) is 0 Å². The first-order chi connectivity index (χ1) is 8.09. The smallest absolute Gasteiger partial charge is 0.129 e. The Balaban J connectivity index is 2.60. The molecule has 1 atom stereocenters. The lowest BCUT2D eigenvalue weighted by molar-refractivity contribution is 0.0765. The standard InChI is InChI=1S/C13H12ClFOS/c1-2-13(16,12-10(14)7-8-17-12)9-5-3-4-6-11(9)15/h3-8,16H,2H2,1H3. The Morgan fingerprint density at radius 1 is 1.35 bits per heavy atom. The summed E-state index contributed by atoms with van der Waals surface area (Å²) in [6.07, 6.45) is 0.369. The molecule has 2 aromatic rings. The maximum absolute atomic E-state index is 13.8. The number of thiophene rings is 1. The number of hydrogen-bond donors (Lipinski definition) is 1. The van der Waals surface area contributed by atoms with E-state index >= 15 is 0 Å². The second-order valence-corrected chi connectivity index (χ2v) is 5.11. The van der Waals surface area contributed by atoms with E-state index in [1.807, 2.05) is 6.92 Å². The van der Waals surface area contributed by atoms with Crippen LogP contribution in [0.3, 0.4) is 0 Å². The van der Waals surface area contributed by atoms with E-state index in [1.54, 1.807) is 29.6 Å². The SMILES string of the molecule is CCC(O)(c1ccccc1F)c1sccc1Cl. The number of halogens is 2. The molecule has 0 fully saturated rings. The third-order valence-electron chi connectivity index (χ3n) is 2.82. The van der Waals surface area contributed by atoms with Gasteiger partial charge in [0.1, 0.15) is 11.4 Å². The summed E-state index contributed by atoms with van der Waals surface area (Å²) < 4.78 is 13.8. The van der Waals surface area contributed by atoms with Gasteiger partial charge in [0.25, 0.3) is 0 Å². The lowest BCUT2D eigenvalue weighted by Crippen LogP contribution is -2.26. The second-order valence-electron chi connectivity index (χ2n) is 3.79. The Bertz CT molecular complexity index is 526. The fourth-order valence-corrected chi connectivity index (χ4v) is 3.26. The van der Waals surface area contributed by atoms with Gasteiger partial charge in [0, 0.05) is 5.56 Å². The van der Waals surface area contributed by atoms with Crippen LogP contribution in [0.1, 0.15) is 23.8 Å². The predicted octanol–water partition coefficient (Wildman–Crippen LogP) is 4.19. The van der Waals surface area contributed by atoms with Crippen molar-refractivity contribution in [1.82, 2.24) is 0 Å². The molecule has 90 valence electrons. The van der Waals surface area contributed by atoms with E-state index in [-0.39, 0.29) is 5.56 Å². The molecule has 0 spiro atoms. The number of rotatable bonds is 3. The molecule has 1 unspecified atom stereocenters. The van der Waals surface area contributed by atoms with Crippen molar-refractivity contribution in [2.75, 3.05) is 0 Å². The molecule has 0 bridgehead atoms. The van der Waals surface area contributed by atoms with E-state index in [9.17, 15) is 9.50 Å². The van der Waals surface area contributed by atoms with Gasteiger partial charge in [-0.15, -0.1) is 11.3 Å². The lowest BCUT2D eigenvalue weighted by atomic mass is 9.89. The van der Waals surface area contributed by atoms with Gasteiger partial charge >= 0.3 is 0 Å².